The van der Waals surface area contributed by atoms with Gasteiger partial charge in [-0.05, 0) is 30.5 Å². The van der Waals surface area contributed by atoms with Gasteiger partial charge in [0.25, 0.3) is 0 Å². The minimum atomic E-state index is 0.544. The molecule has 2 heterocycles. The Morgan fingerprint density at radius 2 is 2.24 bits per heavy atom. The lowest BCUT2D eigenvalue weighted by Gasteiger charge is -2.26. The molecule has 0 atom stereocenters. The van der Waals surface area contributed by atoms with Crippen LogP contribution in [0.1, 0.15) is 35.6 Å². The second-order valence-corrected chi connectivity index (χ2v) is 7.45. The molecule has 1 aliphatic rings. The molecule has 0 radical (unpaired) electrons. The molecule has 0 unspecified atom stereocenters. The summed E-state index contributed by atoms with van der Waals surface area (Å²) in [4.78, 5) is 5.43. The summed E-state index contributed by atoms with van der Waals surface area (Å²) in [6.45, 7) is 11.7. The van der Waals surface area contributed by atoms with E-state index in [0.29, 0.717) is 6.04 Å². The van der Waals surface area contributed by atoms with Gasteiger partial charge >= 0.3 is 0 Å². The molecule has 0 spiro atoms. The summed E-state index contributed by atoms with van der Waals surface area (Å²) in [7, 11) is 1.77. The van der Waals surface area contributed by atoms with Crippen molar-refractivity contribution >= 4 is 11.3 Å². The maximum Gasteiger partial charge on any atom is 0.0673 e. The van der Waals surface area contributed by atoms with Crippen LogP contribution in [0.2, 0.25) is 0 Å². The molecule has 118 valence electrons. The molecule has 0 bridgehead atoms. The number of thiophene rings is 1. The van der Waals surface area contributed by atoms with Gasteiger partial charge in [-0.15, -0.1) is 11.3 Å². The molecule has 4 heteroatoms. The molecule has 0 saturated carbocycles. The molecular formula is C17H28N2OS. The van der Waals surface area contributed by atoms with Crippen LogP contribution < -0.4 is 5.32 Å². The largest absolute Gasteiger partial charge is 0.380 e. The standard InChI is InChI=1S/C17H28N2OS/c1-13(2)18-10-17-9-16(14(3)21-17)11-19-7-5-15(6-8-19)12-20-4/h5,9,13,18H,6-8,10-12H2,1-4H3. The van der Waals surface area contributed by atoms with E-state index in [-0.39, 0.29) is 0 Å². The van der Waals surface area contributed by atoms with E-state index in [2.05, 4.69) is 43.1 Å². The van der Waals surface area contributed by atoms with Crippen LogP contribution >= 0.6 is 11.3 Å². The molecule has 0 amide bonds. The average Bonchev–Trinajstić information content (AvgIpc) is 2.80. The summed E-state index contributed by atoms with van der Waals surface area (Å²) >= 11 is 1.93. The van der Waals surface area contributed by atoms with Crippen molar-refractivity contribution in [1.29, 1.82) is 0 Å². The minimum Gasteiger partial charge on any atom is -0.380 e. The van der Waals surface area contributed by atoms with Gasteiger partial charge in [0.05, 0.1) is 6.61 Å². The second kappa shape index (κ2) is 8.08. The van der Waals surface area contributed by atoms with Crippen molar-refractivity contribution in [1.82, 2.24) is 10.2 Å². The number of aryl methyl sites for hydroxylation is 1. The Morgan fingerprint density at radius 3 is 2.86 bits per heavy atom. The predicted molar refractivity (Wildman–Crippen MR) is 90.9 cm³/mol. The highest BCUT2D eigenvalue weighted by Gasteiger charge is 2.14. The highest BCUT2D eigenvalue weighted by Crippen LogP contribution is 2.24. The Balaban J connectivity index is 1.89. The summed E-state index contributed by atoms with van der Waals surface area (Å²) in [5.41, 5.74) is 2.93. The lowest BCUT2D eigenvalue weighted by Crippen LogP contribution is -2.29. The fourth-order valence-electron chi connectivity index (χ4n) is 2.59. The van der Waals surface area contributed by atoms with Gasteiger partial charge in [0.2, 0.25) is 0 Å². The van der Waals surface area contributed by atoms with Crippen LogP contribution in [-0.4, -0.2) is 37.7 Å². The zero-order valence-corrected chi connectivity index (χ0v) is 14.6. The monoisotopic (exact) mass is 308 g/mol. The molecule has 0 saturated heterocycles. The van der Waals surface area contributed by atoms with Crippen molar-refractivity contribution in [2.45, 2.75) is 46.3 Å². The maximum atomic E-state index is 5.21. The van der Waals surface area contributed by atoms with Crippen LogP contribution in [0.4, 0.5) is 0 Å². The summed E-state index contributed by atoms with van der Waals surface area (Å²) in [6, 6.07) is 2.92. The molecule has 0 aliphatic carbocycles. The fourth-order valence-corrected chi connectivity index (χ4v) is 3.60. The van der Waals surface area contributed by atoms with Crippen LogP contribution in [0.15, 0.2) is 17.7 Å². The third-order valence-corrected chi connectivity index (χ3v) is 4.96. The van der Waals surface area contributed by atoms with Crippen molar-refractivity contribution in [3.05, 3.63) is 33.0 Å². The quantitative estimate of drug-likeness (QED) is 0.782. The van der Waals surface area contributed by atoms with E-state index in [9.17, 15) is 0 Å². The fraction of sp³-hybridized carbons (Fsp3) is 0.647. The Bertz CT molecular complexity index is 479. The van der Waals surface area contributed by atoms with Gasteiger partial charge in [0.1, 0.15) is 0 Å². The zero-order valence-electron chi connectivity index (χ0n) is 13.7. The number of methoxy groups -OCH3 is 1. The molecular weight excluding hydrogens is 280 g/mol. The topological polar surface area (TPSA) is 24.5 Å². The zero-order chi connectivity index (χ0) is 15.2. The van der Waals surface area contributed by atoms with E-state index in [0.717, 1.165) is 39.2 Å². The Labute approximate surface area is 133 Å². The second-order valence-electron chi connectivity index (χ2n) is 6.11. The highest BCUT2D eigenvalue weighted by atomic mass is 32.1. The first-order valence-corrected chi connectivity index (χ1v) is 8.61. The molecule has 1 aromatic rings. The van der Waals surface area contributed by atoms with E-state index in [4.69, 9.17) is 4.74 Å². The van der Waals surface area contributed by atoms with Crippen molar-refractivity contribution in [3.8, 4) is 0 Å². The summed E-state index contributed by atoms with van der Waals surface area (Å²) in [6.07, 6.45) is 3.47. The smallest absolute Gasteiger partial charge is 0.0673 e. The lowest BCUT2D eigenvalue weighted by molar-refractivity contribution is 0.210. The number of ether oxygens (including phenoxy) is 1. The molecule has 21 heavy (non-hydrogen) atoms. The predicted octanol–water partition coefficient (Wildman–Crippen LogP) is 3.33. The first-order valence-electron chi connectivity index (χ1n) is 7.79. The number of nitrogens with one attached hydrogen (secondary N) is 1. The Hall–Kier alpha value is -0.680. The van der Waals surface area contributed by atoms with Crippen LogP contribution in [-0.2, 0) is 17.8 Å². The van der Waals surface area contributed by atoms with Crippen molar-refractivity contribution in [2.75, 3.05) is 26.8 Å². The van der Waals surface area contributed by atoms with E-state index in [1.165, 1.54) is 20.9 Å². The van der Waals surface area contributed by atoms with Crippen LogP contribution in [0.5, 0.6) is 0 Å². The molecule has 3 nitrogen and oxygen atoms in total. The van der Waals surface area contributed by atoms with Crippen LogP contribution in [0.3, 0.4) is 0 Å². The molecule has 0 aromatic carbocycles. The average molecular weight is 308 g/mol. The Morgan fingerprint density at radius 1 is 1.43 bits per heavy atom. The van der Waals surface area contributed by atoms with Gasteiger partial charge in [0, 0.05) is 49.1 Å². The van der Waals surface area contributed by atoms with Crippen molar-refractivity contribution in [2.24, 2.45) is 0 Å². The van der Waals surface area contributed by atoms with Gasteiger partial charge in [0.15, 0.2) is 0 Å². The van der Waals surface area contributed by atoms with E-state index in [1.54, 1.807) is 7.11 Å². The summed E-state index contributed by atoms with van der Waals surface area (Å²) < 4.78 is 5.21. The van der Waals surface area contributed by atoms with Gasteiger partial charge in [-0.1, -0.05) is 19.9 Å². The lowest BCUT2D eigenvalue weighted by atomic mass is 10.1. The third kappa shape index (κ3) is 5.22. The number of hydrogen-bond donors (Lipinski definition) is 1. The molecule has 1 aliphatic heterocycles. The SMILES string of the molecule is COCC1=CCN(Cc2cc(CNC(C)C)sc2C)CC1. The summed E-state index contributed by atoms with van der Waals surface area (Å²) in [5, 5.41) is 3.50. The maximum absolute atomic E-state index is 5.21. The van der Waals surface area contributed by atoms with E-state index < -0.39 is 0 Å². The molecule has 1 aromatic heterocycles. The van der Waals surface area contributed by atoms with Crippen LogP contribution in [0.25, 0.3) is 0 Å². The number of hydrogen-bond acceptors (Lipinski definition) is 4. The van der Waals surface area contributed by atoms with E-state index >= 15 is 0 Å². The molecule has 0 fully saturated rings. The number of nitrogens with zero attached hydrogens (tertiary/aromatic N) is 1. The van der Waals surface area contributed by atoms with Crippen LogP contribution in [0, 0.1) is 6.92 Å². The normalized spacial score (nSPS) is 16.5. The third-order valence-electron chi connectivity index (χ3n) is 3.87. The van der Waals surface area contributed by atoms with Gasteiger partial charge in [-0.3, -0.25) is 4.90 Å². The minimum absolute atomic E-state index is 0.544. The van der Waals surface area contributed by atoms with Gasteiger partial charge in [-0.25, -0.2) is 0 Å². The number of rotatable bonds is 7. The van der Waals surface area contributed by atoms with Gasteiger partial charge in [-0.2, -0.15) is 0 Å². The highest BCUT2D eigenvalue weighted by molar-refractivity contribution is 7.12. The van der Waals surface area contributed by atoms with Crippen molar-refractivity contribution < 1.29 is 4.74 Å². The first-order chi connectivity index (χ1) is 10.1. The Kier molecular flexibility index (Phi) is 6.42. The first kappa shape index (κ1) is 16.7. The molecule has 2 rings (SSSR count). The van der Waals surface area contributed by atoms with E-state index in [1.807, 2.05) is 11.3 Å². The van der Waals surface area contributed by atoms with Crippen molar-refractivity contribution in [3.63, 3.8) is 0 Å². The summed E-state index contributed by atoms with van der Waals surface area (Å²) in [5.74, 6) is 0. The molecule has 1 N–H and O–H groups in total. The van der Waals surface area contributed by atoms with Gasteiger partial charge < -0.3 is 10.1 Å².